The maximum atomic E-state index is 11.2. The van der Waals surface area contributed by atoms with Gasteiger partial charge in [-0.25, -0.2) is 4.79 Å². The molecule has 70 valence electrons. The lowest BCUT2D eigenvalue weighted by Crippen LogP contribution is -2.38. The van der Waals surface area contributed by atoms with Crippen LogP contribution in [0, 0.1) is 0 Å². The zero-order chi connectivity index (χ0) is 9.56. The standard InChI is InChI=1S/C8H16N2O2/c1-4-5-6-9(2)8(12)10(3)7-11/h7H,4-6H2,1-3H3. The van der Waals surface area contributed by atoms with Crippen LogP contribution in [0.5, 0.6) is 0 Å². The number of carbonyl (C=O) groups excluding carboxylic acids is 2. The van der Waals surface area contributed by atoms with Gasteiger partial charge in [0.15, 0.2) is 0 Å². The Morgan fingerprint density at radius 1 is 1.42 bits per heavy atom. The molecule has 0 saturated heterocycles. The number of hydrogen-bond acceptors (Lipinski definition) is 2. The molecule has 4 heteroatoms. The molecule has 0 rings (SSSR count). The molecule has 0 radical (unpaired) electrons. The van der Waals surface area contributed by atoms with E-state index in [4.69, 9.17) is 0 Å². The van der Waals surface area contributed by atoms with Crippen LogP contribution in [0.2, 0.25) is 0 Å². The fraction of sp³-hybridized carbons (Fsp3) is 0.750. The van der Waals surface area contributed by atoms with Gasteiger partial charge in [-0.2, -0.15) is 0 Å². The molecule has 0 aromatic rings. The Morgan fingerprint density at radius 2 is 2.00 bits per heavy atom. The van der Waals surface area contributed by atoms with E-state index < -0.39 is 0 Å². The molecule has 0 unspecified atom stereocenters. The van der Waals surface area contributed by atoms with Crippen LogP contribution < -0.4 is 0 Å². The summed E-state index contributed by atoms with van der Waals surface area (Å²) in [5.41, 5.74) is 0. The summed E-state index contributed by atoms with van der Waals surface area (Å²) in [5, 5.41) is 0. The van der Waals surface area contributed by atoms with Crippen molar-refractivity contribution in [2.45, 2.75) is 19.8 Å². The van der Waals surface area contributed by atoms with Crippen molar-refractivity contribution in [3.05, 3.63) is 0 Å². The van der Waals surface area contributed by atoms with E-state index in [0.717, 1.165) is 17.7 Å². The minimum atomic E-state index is -0.251. The maximum Gasteiger partial charge on any atom is 0.325 e. The summed E-state index contributed by atoms with van der Waals surface area (Å²) >= 11 is 0. The van der Waals surface area contributed by atoms with Crippen LogP contribution in [-0.4, -0.2) is 42.9 Å². The quantitative estimate of drug-likeness (QED) is 0.592. The van der Waals surface area contributed by atoms with Crippen molar-refractivity contribution in [3.8, 4) is 0 Å². The van der Waals surface area contributed by atoms with Gasteiger partial charge in [0.25, 0.3) is 0 Å². The van der Waals surface area contributed by atoms with Gasteiger partial charge in [0.2, 0.25) is 6.41 Å². The first-order chi connectivity index (χ1) is 5.63. The number of urea groups is 1. The average molecular weight is 172 g/mol. The molecule has 0 fully saturated rings. The molecule has 0 bridgehead atoms. The van der Waals surface area contributed by atoms with Crippen molar-refractivity contribution >= 4 is 12.4 Å². The van der Waals surface area contributed by atoms with Crippen molar-refractivity contribution in [2.24, 2.45) is 0 Å². The third kappa shape index (κ3) is 3.37. The predicted octanol–water partition coefficient (Wildman–Crippen LogP) is 0.927. The van der Waals surface area contributed by atoms with Crippen molar-refractivity contribution in [1.29, 1.82) is 0 Å². The van der Waals surface area contributed by atoms with E-state index in [1.54, 1.807) is 7.05 Å². The number of imide groups is 1. The Hall–Kier alpha value is -1.06. The summed E-state index contributed by atoms with van der Waals surface area (Å²) in [6.07, 6.45) is 2.53. The van der Waals surface area contributed by atoms with E-state index in [-0.39, 0.29) is 6.03 Å². The average Bonchev–Trinajstić information content (AvgIpc) is 2.11. The zero-order valence-electron chi connectivity index (χ0n) is 7.91. The minimum Gasteiger partial charge on any atom is -0.327 e. The Kier molecular flexibility index (Phi) is 5.08. The SMILES string of the molecule is CCCCN(C)C(=O)N(C)C=O. The smallest absolute Gasteiger partial charge is 0.325 e. The molecule has 4 nitrogen and oxygen atoms in total. The zero-order valence-corrected chi connectivity index (χ0v) is 7.91. The lowest BCUT2D eigenvalue weighted by molar-refractivity contribution is -0.115. The number of carbonyl (C=O) groups is 2. The summed E-state index contributed by atoms with van der Waals surface area (Å²) in [4.78, 5) is 24.0. The van der Waals surface area contributed by atoms with E-state index in [1.165, 1.54) is 11.9 Å². The van der Waals surface area contributed by atoms with Crippen molar-refractivity contribution in [3.63, 3.8) is 0 Å². The molecule has 0 heterocycles. The Morgan fingerprint density at radius 3 is 2.42 bits per heavy atom. The van der Waals surface area contributed by atoms with Gasteiger partial charge in [-0.1, -0.05) is 13.3 Å². The Bertz CT molecular complexity index is 159. The molecule has 3 amide bonds. The summed E-state index contributed by atoms with van der Waals surface area (Å²) in [6.45, 7) is 2.76. The van der Waals surface area contributed by atoms with Crippen LogP contribution in [0.1, 0.15) is 19.8 Å². The second kappa shape index (κ2) is 5.57. The Balaban J connectivity index is 3.83. The summed E-state index contributed by atoms with van der Waals surface area (Å²) in [7, 11) is 3.15. The number of rotatable bonds is 4. The van der Waals surface area contributed by atoms with Gasteiger partial charge < -0.3 is 4.90 Å². The highest BCUT2D eigenvalue weighted by molar-refractivity contribution is 5.84. The van der Waals surface area contributed by atoms with Gasteiger partial charge in [-0.15, -0.1) is 0 Å². The van der Waals surface area contributed by atoms with Gasteiger partial charge in [0.1, 0.15) is 0 Å². The number of hydrogen-bond donors (Lipinski definition) is 0. The first-order valence-electron chi connectivity index (χ1n) is 4.06. The molecular weight excluding hydrogens is 156 g/mol. The molecule has 0 spiro atoms. The third-order valence-electron chi connectivity index (χ3n) is 1.63. The van der Waals surface area contributed by atoms with Crippen LogP contribution >= 0.6 is 0 Å². The van der Waals surface area contributed by atoms with Crippen molar-refractivity contribution in [2.75, 3.05) is 20.6 Å². The van der Waals surface area contributed by atoms with E-state index in [1.807, 2.05) is 0 Å². The molecular formula is C8H16N2O2. The first kappa shape index (κ1) is 10.9. The normalized spacial score (nSPS) is 9.25. The van der Waals surface area contributed by atoms with E-state index in [2.05, 4.69) is 6.92 Å². The topological polar surface area (TPSA) is 40.6 Å². The molecule has 0 aliphatic rings. The molecule has 12 heavy (non-hydrogen) atoms. The number of amides is 3. The van der Waals surface area contributed by atoms with E-state index >= 15 is 0 Å². The third-order valence-corrected chi connectivity index (χ3v) is 1.63. The summed E-state index contributed by atoms with van der Waals surface area (Å²) in [6, 6.07) is -0.251. The highest BCUT2D eigenvalue weighted by Crippen LogP contribution is 1.95. The van der Waals surface area contributed by atoms with Crippen molar-refractivity contribution in [1.82, 2.24) is 9.80 Å². The van der Waals surface area contributed by atoms with Gasteiger partial charge in [0, 0.05) is 20.6 Å². The number of unbranched alkanes of at least 4 members (excludes halogenated alkanes) is 1. The second-order valence-corrected chi connectivity index (χ2v) is 2.77. The monoisotopic (exact) mass is 172 g/mol. The van der Waals surface area contributed by atoms with Gasteiger partial charge in [-0.05, 0) is 6.42 Å². The molecule has 0 aliphatic carbocycles. The summed E-state index contributed by atoms with van der Waals surface area (Å²) in [5.74, 6) is 0. The van der Waals surface area contributed by atoms with Gasteiger partial charge >= 0.3 is 6.03 Å². The van der Waals surface area contributed by atoms with Crippen LogP contribution in [0.25, 0.3) is 0 Å². The largest absolute Gasteiger partial charge is 0.327 e. The van der Waals surface area contributed by atoms with Gasteiger partial charge in [0.05, 0.1) is 0 Å². The lowest BCUT2D eigenvalue weighted by atomic mass is 10.3. The molecule has 0 aromatic heterocycles. The minimum absolute atomic E-state index is 0.251. The first-order valence-corrected chi connectivity index (χ1v) is 4.06. The fourth-order valence-electron chi connectivity index (χ4n) is 0.805. The number of nitrogens with zero attached hydrogens (tertiary/aromatic N) is 2. The van der Waals surface area contributed by atoms with E-state index in [9.17, 15) is 9.59 Å². The van der Waals surface area contributed by atoms with Crippen LogP contribution in [0.4, 0.5) is 4.79 Å². The summed E-state index contributed by atoms with van der Waals surface area (Å²) < 4.78 is 0. The fourth-order valence-corrected chi connectivity index (χ4v) is 0.805. The maximum absolute atomic E-state index is 11.2. The van der Waals surface area contributed by atoms with Gasteiger partial charge in [-0.3, -0.25) is 9.69 Å². The molecule has 0 N–H and O–H groups in total. The molecule has 0 aromatic carbocycles. The van der Waals surface area contributed by atoms with Crippen LogP contribution in [-0.2, 0) is 4.79 Å². The Labute approximate surface area is 73.1 Å². The molecule has 0 aliphatic heterocycles. The van der Waals surface area contributed by atoms with Crippen LogP contribution in [0.15, 0.2) is 0 Å². The predicted molar refractivity (Wildman–Crippen MR) is 46.8 cm³/mol. The highest BCUT2D eigenvalue weighted by Gasteiger charge is 2.11. The second-order valence-electron chi connectivity index (χ2n) is 2.77. The van der Waals surface area contributed by atoms with Crippen LogP contribution in [0.3, 0.4) is 0 Å². The molecule has 0 saturated carbocycles. The molecule has 0 atom stereocenters. The lowest BCUT2D eigenvalue weighted by Gasteiger charge is -2.20. The highest BCUT2D eigenvalue weighted by atomic mass is 16.2. The van der Waals surface area contributed by atoms with Crippen molar-refractivity contribution < 1.29 is 9.59 Å². The van der Waals surface area contributed by atoms with E-state index in [0.29, 0.717) is 13.0 Å².